The van der Waals surface area contributed by atoms with E-state index >= 15 is 0 Å². The highest BCUT2D eigenvalue weighted by Gasteiger charge is 2.24. The second-order valence-corrected chi connectivity index (χ2v) is 7.11. The zero-order chi connectivity index (χ0) is 21.4. The van der Waals surface area contributed by atoms with Crippen LogP contribution in [0.1, 0.15) is 51.9 Å². The molecule has 31 heavy (non-hydrogen) atoms. The van der Waals surface area contributed by atoms with E-state index < -0.39 is 6.04 Å². The smallest absolute Gasteiger partial charge is 0.270 e. The fourth-order valence-electron chi connectivity index (χ4n) is 3.40. The number of aromatic nitrogens is 7. The number of nitrogens with one attached hydrogen (secondary N) is 3. The highest BCUT2D eigenvalue weighted by molar-refractivity contribution is 5.97. The van der Waals surface area contributed by atoms with Gasteiger partial charge in [-0.2, -0.15) is 0 Å². The van der Waals surface area contributed by atoms with Crippen LogP contribution in [0.25, 0.3) is 22.7 Å². The number of aromatic amines is 1. The fraction of sp³-hybridized carbons (Fsp3) is 0.263. The fourth-order valence-corrected chi connectivity index (χ4v) is 3.40. The average Bonchev–Trinajstić information content (AvgIpc) is 3.37. The van der Waals surface area contributed by atoms with Crippen molar-refractivity contribution in [2.75, 3.05) is 5.32 Å². The number of hydrogen-bond acceptors (Lipinski definition) is 9. The molecular formula is C19H23N9O3. The van der Waals surface area contributed by atoms with E-state index in [0.717, 1.165) is 0 Å². The van der Waals surface area contributed by atoms with Gasteiger partial charge < -0.3 is 20.1 Å². The first-order valence-corrected chi connectivity index (χ1v) is 9.66. The van der Waals surface area contributed by atoms with Crippen LogP contribution in [0.4, 0.5) is 5.82 Å². The predicted octanol–water partition coefficient (Wildman–Crippen LogP) is 2.30. The lowest BCUT2D eigenvalue weighted by Gasteiger charge is -2.13. The van der Waals surface area contributed by atoms with E-state index in [1.54, 1.807) is 19.2 Å². The molecule has 0 aliphatic carbocycles. The van der Waals surface area contributed by atoms with Gasteiger partial charge >= 0.3 is 0 Å². The third-order valence-electron chi connectivity index (χ3n) is 4.96. The molecule has 0 saturated heterocycles. The van der Waals surface area contributed by atoms with Crippen LogP contribution in [0, 0.1) is 0 Å². The van der Waals surface area contributed by atoms with Crippen molar-refractivity contribution < 1.29 is 18.4 Å². The molecule has 12 heteroatoms. The zero-order valence-corrected chi connectivity index (χ0v) is 16.4. The van der Waals surface area contributed by atoms with Crippen molar-refractivity contribution in [2.45, 2.75) is 32.2 Å². The Labute approximate surface area is 179 Å². The quantitative estimate of drug-likeness (QED) is 0.445. The van der Waals surface area contributed by atoms with E-state index in [2.05, 4.69) is 45.7 Å². The van der Waals surface area contributed by atoms with Crippen LogP contribution in [-0.4, -0.2) is 46.9 Å². The first-order chi connectivity index (χ1) is 15.1. The van der Waals surface area contributed by atoms with E-state index in [9.17, 15) is 9.59 Å². The molecule has 12 nitrogen and oxygen atoms in total. The van der Waals surface area contributed by atoms with Crippen molar-refractivity contribution in [1.82, 2.24) is 40.4 Å². The second kappa shape index (κ2) is 7.55. The predicted molar refractivity (Wildman–Crippen MR) is 113 cm³/mol. The number of rotatable bonds is 4. The summed E-state index contributed by atoms with van der Waals surface area (Å²) >= 11 is 0. The highest BCUT2D eigenvalue weighted by Crippen LogP contribution is 2.24. The molecule has 0 fully saturated rings. The lowest BCUT2D eigenvalue weighted by atomic mass is 10.1. The van der Waals surface area contributed by atoms with Gasteiger partial charge in [0.25, 0.3) is 5.91 Å². The van der Waals surface area contributed by atoms with Gasteiger partial charge in [-0.3, -0.25) is 9.59 Å². The monoisotopic (exact) mass is 425 g/mol. The number of carbonyl (C=O) groups excluding carboxylic acids is 2. The SMILES string of the molecule is C[C@@H](NC(=O)c1ncnc2c1CCCC(=O)N2)c1cc(-c2nc3ncncc3[nH]2)no1.[HH].[HH].[HH]. The maximum Gasteiger partial charge on any atom is 0.270 e. The van der Waals surface area contributed by atoms with Gasteiger partial charge in [0, 0.05) is 22.3 Å². The summed E-state index contributed by atoms with van der Waals surface area (Å²) in [6.45, 7) is 1.77. The summed E-state index contributed by atoms with van der Waals surface area (Å²) in [5.41, 5.74) is 2.54. The molecular weight excluding hydrogens is 402 g/mol. The van der Waals surface area contributed by atoms with Gasteiger partial charge in [-0.25, -0.2) is 24.9 Å². The zero-order valence-electron chi connectivity index (χ0n) is 16.4. The summed E-state index contributed by atoms with van der Waals surface area (Å²) < 4.78 is 5.41. The van der Waals surface area contributed by atoms with Gasteiger partial charge in [0.05, 0.1) is 12.2 Å². The number of nitrogens with zero attached hydrogens (tertiary/aromatic N) is 6. The normalized spacial score (nSPS) is 14.5. The Kier molecular flexibility index (Phi) is 4.58. The van der Waals surface area contributed by atoms with E-state index in [1.165, 1.54) is 12.7 Å². The molecule has 1 aliphatic rings. The molecule has 0 aromatic carbocycles. The summed E-state index contributed by atoms with van der Waals surface area (Å²) in [7, 11) is 0. The number of anilines is 1. The average molecular weight is 425 g/mol. The molecule has 162 valence electrons. The number of amides is 2. The van der Waals surface area contributed by atoms with Crippen molar-refractivity contribution in [1.29, 1.82) is 0 Å². The summed E-state index contributed by atoms with van der Waals surface area (Å²) in [6.07, 6.45) is 5.83. The Morgan fingerprint density at radius 3 is 3.03 bits per heavy atom. The lowest BCUT2D eigenvalue weighted by molar-refractivity contribution is -0.116. The summed E-state index contributed by atoms with van der Waals surface area (Å²) in [4.78, 5) is 48.3. The van der Waals surface area contributed by atoms with Crippen molar-refractivity contribution in [3.8, 4) is 11.5 Å². The van der Waals surface area contributed by atoms with Gasteiger partial charge in [0.2, 0.25) is 5.91 Å². The molecule has 4 aromatic rings. The summed E-state index contributed by atoms with van der Waals surface area (Å²) in [6, 6.07) is 1.21. The Morgan fingerprint density at radius 1 is 1.26 bits per heavy atom. The van der Waals surface area contributed by atoms with Crippen LogP contribution < -0.4 is 10.6 Å². The highest BCUT2D eigenvalue weighted by atomic mass is 16.5. The van der Waals surface area contributed by atoms with Crippen molar-refractivity contribution in [3.63, 3.8) is 0 Å². The van der Waals surface area contributed by atoms with E-state index in [4.69, 9.17) is 4.52 Å². The van der Waals surface area contributed by atoms with Gasteiger partial charge in [-0.15, -0.1) is 0 Å². The van der Waals surface area contributed by atoms with E-state index in [0.29, 0.717) is 59.1 Å². The second-order valence-electron chi connectivity index (χ2n) is 7.11. The Balaban J connectivity index is 0.00000136. The number of carbonyl (C=O) groups is 2. The first-order valence-electron chi connectivity index (χ1n) is 9.66. The number of fused-ring (bicyclic) bond motifs is 2. The summed E-state index contributed by atoms with van der Waals surface area (Å²) in [5, 5.41) is 9.61. The van der Waals surface area contributed by atoms with Crippen molar-refractivity contribution in [3.05, 3.63) is 41.9 Å². The van der Waals surface area contributed by atoms with Crippen molar-refractivity contribution >= 4 is 28.8 Å². The number of H-pyrrole nitrogens is 1. The van der Waals surface area contributed by atoms with E-state index in [1.807, 2.05) is 0 Å². The Hall–Kier alpha value is -4.22. The number of hydrogen-bond donors (Lipinski definition) is 3. The third kappa shape index (κ3) is 3.58. The molecule has 0 bridgehead atoms. The van der Waals surface area contributed by atoms with Crippen LogP contribution in [0.5, 0.6) is 0 Å². The van der Waals surface area contributed by atoms with Crippen LogP contribution in [0.2, 0.25) is 0 Å². The van der Waals surface area contributed by atoms with Crippen LogP contribution in [0.3, 0.4) is 0 Å². The Morgan fingerprint density at radius 2 is 2.16 bits per heavy atom. The molecule has 2 amide bonds. The maximum atomic E-state index is 12.9. The van der Waals surface area contributed by atoms with E-state index in [-0.39, 0.29) is 21.8 Å². The van der Waals surface area contributed by atoms with Crippen LogP contribution in [-0.2, 0) is 11.2 Å². The lowest BCUT2D eigenvalue weighted by Crippen LogP contribution is -2.28. The molecule has 1 aliphatic heterocycles. The molecule has 0 radical (unpaired) electrons. The third-order valence-corrected chi connectivity index (χ3v) is 4.96. The van der Waals surface area contributed by atoms with Crippen molar-refractivity contribution in [2.24, 2.45) is 0 Å². The molecule has 3 N–H and O–H groups in total. The van der Waals surface area contributed by atoms with Gasteiger partial charge in [-0.05, 0) is 19.8 Å². The summed E-state index contributed by atoms with van der Waals surface area (Å²) in [5.74, 6) is 0.802. The minimum Gasteiger partial charge on any atom is -0.358 e. The van der Waals surface area contributed by atoms with Gasteiger partial charge in [0.1, 0.15) is 35.4 Å². The molecule has 0 unspecified atom stereocenters. The number of imidazole rings is 1. The standard InChI is InChI=1S/C19H17N9O3.3H2/c1-9(13-5-11(28-31-13)18-25-12-6-20-7-22-17(12)27-18)24-19(30)15-10-3-2-4-14(29)26-16(10)23-8-21-15;;;/h5-9H,2-4H2,1H3,(H,24,30)(H,20,22,25,27)(H,21,23,26,29);3*1H/t9-;;;/m1.../s1. The molecule has 5 rings (SSSR count). The Bertz CT molecular complexity index is 1280. The van der Waals surface area contributed by atoms with Crippen LogP contribution >= 0.6 is 0 Å². The largest absolute Gasteiger partial charge is 0.358 e. The molecule has 5 heterocycles. The minimum absolute atomic E-state index is 0. The van der Waals surface area contributed by atoms with Crippen LogP contribution in [0.15, 0.2) is 29.4 Å². The minimum atomic E-state index is -0.482. The molecule has 0 saturated carbocycles. The van der Waals surface area contributed by atoms with Gasteiger partial charge in [0.15, 0.2) is 17.2 Å². The first kappa shape index (κ1) is 18.8. The maximum absolute atomic E-state index is 12.9. The topological polar surface area (TPSA) is 164 Å². The molecule has 1 atom stereocenters. The molecule has 0 spiro atoms. The van der Waals surface area contributed by atoms with Gasteiger partial charge in [-0.1, -0.05) is 5.16 Å². The molecule has 4 aromatic heterocycles.